The van der Waals surface area contributed by atoms with E-state index in [0.717, 1.165) is 31.2 Å². The molecule has 0 unspecified atom stereocenters. The van der Waals surface area contributed by atoms with Crippen molar-refractivity contribution in [1.29, 1.82) is 0 Å². The lowest BCUT2D eigenvalue weighted by molar-refractivity contribution is 0.0633. The van der Waals surface area contributed by atoms with Crippen molar-refractivity contribution in [3.05, 3.63) is 65.7 Å². The van der Waals surface area contributed by atoms with Crippen molar-refractivity contribution in [1.82, 2.24) is 4.90 Å². The number of amides is 1. The Balaban J connectivity index is 1.75. The average molecular weight is 352 g/mol. The minimum Gasteiger partial charge on any atom is -0.488 e. The average Bonchev–Trinajstić information content (AvgIpc) is 2.68. The number of hydrogen-bond acceptors (Lipinski definition) is 3. The molecule has 2 aromatic rings. The van der Waals surface area contributed by atoms with Gasteiger partial charge in [-0.05, 0) is 50.3 Å². The fourth-order valence-electron chi connectivity index (χ4n) is 3.71. The van der Waals surface area contributed by atoms with Crippen molar-refractivity contribution in [3.63, 3.8) is 0 Å². The van der Waals surface area contributed by atoms with Crippen LogP contribution >= 0.6 is 0 Å². The molecule has 0 aromatic heterocycles. The van der Waals surface area contributed by atoms with Gasteiger partial charge in [0.1, 0.15) is 12.4 Å². The van der Waals surface area contributed by atoms with Crippen molar-refractivity contribution in [2.24, 2.45) is 5.73 Å². The Morgan fingerprint density at radius 1 is 1.12 bits per heavy atom. The van der Waals surface area contributed by atoms with Crippen molar-refractivity contribution < 1.29 is 9.53 Å². The molecule has 0 heterocycles. The number of carbonyl (C=O) groups excluding carboxylic acids is 1. The van der Waals surface area contributed by atoms with Gasteiger partial charge in [-0.15, -0.1) is 0 Å². The van der Waals surface area contributed by atoms with Crippen LogP contribution in [0.4, 0.5) is 0 Å². The first-order valence-corrected chi connectivity index (χ1v) is 9.51. The Bertz CT molecular complexity index is 717. The van der Waals surface area contributed by atoms with E-state index in [-0.39, 0.29) is 18.0 Å². The molecular weight excluding hydrogens is 324 g/mol. The number of hydrogen-bond donors (Lipinski definition) is 1. The van der Waals surface area contributed by atoms with E-state index in [4.69, 9.17) is 10.5 Å². The highest BCUT2D eigenvalue weighted by atomic mass is 16.5. The van der Waals surface area contributed by atoms with Gasteiger partial charge in [-0.1, -0.05) is 42.5 Å². The first-order chi connectivity index (χ1) is 12.7. The van der Waals surface area contributed by atoms with Crippen LogP contribution in [-0.2, 0) is 6.61 Å². The third kappa shape index (κ3) is 4.44. The number of nitrogens with zero attached hydrogens (tertiary/aromatic N) is 1. The predicted molar refractivity (Wildman–Crippen MR) is 104 cm³/mol. The normalized spacial score (nSPS) is 19.8. The molecule has 26 heavy (non-hydrogen) atoms. The second-order valence-electron chi connectivity index (χ2n) is 6.94. The van der Waals surface area contributed by atoms with Crippen LogP contribution in [-0.4, -0.2) is 29.4 Å². The summed E-state index contributed by atoms with van der Waals surface area (Å²) in [5.41, 5.74) is 7.85. The monoisotopic (exact) mass is 352 g/mol. The summed E-state index contributed by atoms with van der Waals surface area (Å²) in [7, 11) is 0. The first-order valence-electron chi connectivity index (χ1n) is 9.51. The molecule has 0 bridgehead atoms. The third-order valence-corrected chi connectivity index (χ3v) is 5.08. The van der Waals surface area contributed by atoms with Gasteiger partial charge in [0.05, 0.1) is 5.56 Å². The van der Waals surface area contributed by atoms with Gasteiger partial charge in [0, 0.05) is 18.6 Å². The summed E-state index contributed by atoms with van der Waals surface area (Å²) in [6.45, 7) is 3.17. The van der Waals surface area contributed by atoms with Crippen molar-refractivity contribution >= 4 is 5.91 Å². The van der Waals surface area contributed by atoms with Crippen molar-refractivity contribution in [2.45, 2.75) is 51.3 Å². The minimum absolute atomic E-state index is 0.0373. The molecule has 2 N–H and O–H groups in total. The fraction of sp³-hybridized carbons (Fsp3) is 0.409. The molecule has 0 saturated heterocycles. The van der Waals surface area contributed by atoms with E-state index >= 15 is 0 Å². The van der Waals surface area contributed by atoms with Crippen molar-refractivity contribution in [3.8, 4) is 5.75 Å². The number of nitrogens with two attached hydrogens (primary N) is 1. The lowest BCUT2D eigenvalue weighted by atomic mass is 9.90. The minimum atomic E-state index is 0.0373. The number of rotatable bonds is 6. The maximum absolute atomic E-state index is 13.2. The summed E-state index contributed by atoms with van der Waals surface area (Å²) in [4.78, 5) is 15.2. The molecule has 1 saturated carbocycles. The van der Waals surface area contributed by atoms with E-state index in [1.54, 1.807) is 0 Å². The zero-order valence-electron chi connectivity index (χ0n) is 15.4. The highest BCUT2D eigenvalue weighted by Crippen LogP contribution is 2.27. The van der Waals surface area contributed by atoms with Gasteiger partial charge >= 0.3 is 0 Å². The van der Waals surface area contributed by atoms with Crippen LogP contribution in [0.1, 0.15) is 48.5 Å². The summed E-state index contributed by atoms with van der Waals surface area (Å²) >= 11 is 0. The van der Waals surface area contributed by atoms with Gasteiger partial charge in [0.25, 0.3) is 5.91 Å². The number of carbonyl (C=O) groups is 1. The summed E-state index contributed by atoms with van der Waals surface area (Å²) in [6.07, 6.45) is 4.05. The Labute approximate surface area is 156 Å². The third-order valence-electron chi connectivity index (χ3n) is 5.08. The SMILES string of the molecule is CCN(C(=O)c1ccccc1OCc1ccccc1)[C@H]1CCC[C@@H](N)C1. The smallest absolute Gasteiger partial charge is 0.257 e. The molecule has 1 aliphatic carbocycles. The first kappa shape index (κ1) is 18.5. The van der Waals surface area contributed by atoms with E-state index in [0.29, 0.717) is 24.5 Å². The van der Waals surface area contributed by atoms with Crippen molar-refractivity contribution in [2.75, 3.05) is 6.54 Å². The fourth-order valence-corrected chi connectivity index (χ4v) is 3.71. The summed E-state index contributed by atoms with van der Waals surface area (Å²) in [5, 5.41) is 0. The van der Waals surface area contributed by atoms with Crippen LogP contribution in [0.5, 0.6) is 5.75 Å². The molecule has 3 rings (SSSR count). The number of ether oxygens (including phenoxy) is 1. The van der Waals surface area contributed by atoms with Gasteiger partial charge in [-0.2, -0.15) is 0 Å². The van der Waals surface area contributed by atoms with Gasteiger partial charge in [-0.3, -0.25) is 4.79 Å². The van der Waals surface area contributed by atoms with Gasteiger partial charge in [0.2, 0.25) is 0 Å². The molecule has 4 nitrogen and oxygen atoms in total. The van der Waals surface area contributed by atoms with Crippen LogP contribution in [0.25, 0.3) is 0 Å². The largest absolute Gasteiger partial charge is 0.488 e. The van der Waals surface area contributed by atoms with Gasteiger partial charge < -0.3 is 15.4 Å². The number of benzene rings is 2. The highest BCUT2D eigenvalue weighted by Gasteiger charge is 2.29. The molecule has 0 spiro atoms. The van der Waals surface area contributed by atoms with Crippen LogP contribution in [0.15, 0.2) is 54.6 Å². The standard InChI is InChI=1S/C22H28N2O2/c1-2-24(19-12-8-11-18(23)15-19)22(25)20-13-6-7-14-21(20)26-16-17-9-4-3-5-10-17/h3-7,9-10,13-14,18-19H,2,8,11-12,15-16,23H2,1H3/t18-,19+/m1/s1. The maximum Gasteiger partial charge on any atom is 0.257 e. The van der Waals surface area contributed by atoms with Crippen LogP contribution in [0.2, 0.25) is 0 Å². The van der Waals surface area contributed by atoms with Crippen LogP contribution in [0, 0.1) is 0 Å². The van der Waals surface area contributed by atoms with E-state index < -0.39 is 0 Å². The highest BCUT2D eigenvalue weighted by molar-refractivity contribution is 5.97. The molecular formula is C22H28N2O2. The molecule has 1 fully saturated rings. The van der Waals surface area contributed by atoms with Crippen LogP contribution in [0.3, 0.4) is 0 Å². The Morgan fingerprint density at radius 2 is 1.85 bits per heavy atom. The molecule has 2 atom stereocenters. The lowest BCUT2D eigenvalue weighted by Crippen LogP contribution is -2.45. The van der Waals surface area contributed by atoms with E-state index in [9.17, 15) is 4.79 Å². The van der Waals surface area contributed by atoms with E-state index in [1.807, 2.05) is 66.4 Å². The van der Waals surface area contributed by atoms with E-state index in [1.165, 1.54) is 0 Å². The number of para-hydroxylation sites is 1. The second-order valence-corrected chi connectivity index (χ2v) is 6.94. The van der Waals surface area contributed by atoms with Gasteiger partial charge in [0.15, 0.2) is 0 Å². The van der Waals surface area contributed by atoms with Gasteiger partial charge in [-0.25, -0.2) is 0 Å². The zero-order chi connectivity index (χ0) is 18.4. The van der Waals surface area contributed by atoms with Crippen LogP contribution < -0.4 is 10.5 Å². The lowest BCUT2D eigenvalue weighted by Gasteiger charge is -2.36. The maximum atomic E-state index is 13.2. The summed E-state index contributed by atoms with van der Waals surface area (Å²) in [5.74, 6) is 0.676. The zero-order valence-corrected chi connectivity index (χ0v) is 15.4. The summed E-state index contributed by atoms with van der Waals surface area (Å²) < 4.78 is 5.98. The molecule has 1 amide bonds. The topological polar surface area (TPSA) is 55.6 Å². The Hall–Kier alpha value is -2.33. The molecule has 2 aromatic carbocycles. The molecule has 0 radical (unpaired) electrons. The summed E-state index contributed by atoms with van der Waals surface area (Å²) in [6, 6.07) is 17.9. The molecule has 1 aliphatic rings. The van der Waals surface area contributed by atoms with E-state index in [2.05, 4.69) is 0 Å². The Morgan fingerprint density at radius 3 is 2.58 bits per heavy atom. The Kier molecular flexibility index (Phi) is 6.29. The second kappa shape index (κ2) is 8.86. The predicted octanol–water partition coefficient (Wildman–Crippen LogP) is 4.00. The molecule has 0 aliphatic heterocycles. The quantitative estimate of drug-likeness (QED) is 0.855. The molecule has 4 heteroatoms. The molecule has 138 valence electrons.